The van der Waals surface area contributed by atoms with Crippen LogP contribution in [0, 0.1) is 17.8 Å². The smallest absolute Gasteiger partial charge is 0.0503 e. The van der Waals surface area contributed by atoms with Gasteiger partial charge in [0, 0.05) is 12.0 Å². The first kappa shape index (κ1) is 14.5. The molecule has 0 radical (unpaired) electrons. The zero-order chi connectivity index (χ0) is 12.9. The van der Waals surface area contributed by atoms with Crippen LogP contribution in [0.4, 0.5) is 0 Å². The number of nitrogens with zero attached hydrogens (tertiary/aromatic N) is 1. The Morgan fingerprint density at radius 3 is 2.41 bits per heavy atom. The predicted molar refractivity (Wildman–Crippen MR) is 73.2 cm³/mol. The number of hydrogen-bond donors (Lipinski definition) is 2. The maximum atomic E-state index is 5.76. The highest BCUT2D eigenvalue weighted by molar-refractivity contribution is 5.07. The van der Waals surface area contributed by atoms with Crippen molar-refractivity contribution >= 4 is 0 Å². The van der Waals surface area contributed by atoms with Gasteiger partial charge in [-0.25, -0.2) is 0 Å². The standard InChI is InChI=1S/C14H27N3/c1-5-6-7-13(16-15)14(17(3)4)10-8-12(2)9-11-14/h12-13,16H,7-11,15H2,1-4H3. The highest BCUT2D eigenvalue weighted by Gasteiger charge is 2.42. The third kappa shape index (κ3) is 3.22. The van der Waals surface area contributed by atoms with Crippen molar-refractivity contribution in [2.45, 2.75) is 57.5 Å². The molecule has 1 atom stereocenters. The normalized spacial score (nSPS) is 30.8. The Balaban J connectivity index is 2.84. The van der Waals surface area contributed by atoms with E-state index in [4.69, 9.17) is 5.84 Å². The molecular formula is C14H27N3. The van der Waals surface area contributed by atoms with E-state index in [0.29, 0.717) is 0 Å². The first-order chi connectivity index (χ1) is 8.06. The highest BCUT2D eigenvalue weighted by Crippen LogP contribution is 2.38. The summed E-state index contributed by atoms with van der Waals surface area (Å²) in [5, 5.41) is 0. The summed E-state index contributed by atoms with van der Waals surface area (Å²) >= 11 is 0. The average Bonchev–Trinajstić information content (AvgIpc) is 2.32. The van der Waals surface area contributed by atoms with Crippen LogP contribution in [0.3, 0.4) is 0 Å². The minimum Gasteiger partial charge on any atom is -0.302 e. The van der Waals surface area contributed by atoms with Crippen LogP contribution in [0.15, 0.2) is 0 Å². The van der Waals surface area contributed by atoms with E-state index >= 15 is 0 Å². The number of nitrogens with two attached hydrogens (primary N) is 1. The Morgan fingerprint density at radius 1 is 1.41 bits per heavy atom. The maximum Gasteiger partial charge on any atom is 0.0503 e. The van der Waals surface area contributed by atoms with E-state index in [1.807, 2.05) is 6.92 Å². The minimum absolute atomic E-state index is 0.172. The molecular weight excluding hydrogens is 210 g/mol. The molecule has 1 rings (SSSR count). The number of nitrogens with one attached hydrogen (secondary N) is 1. The zero-order valence-electron chi connectivity index (χ0n) is 11.7. The molecule has 1 saturated carbocycles. The summed E-state index contributed by atoms with van der Waals surface area (Å²) in [5.41, 5.74) is 3.17. The molecule has 98 valence electrons. The average molecular weight is 237 g/mol. The van der Waals surface area contributed by atoms with Crippen LogP contribution in [0.5, 0.6) is 0 Å². The van der Waals surface area contributed by atoms with Crippen LogP contribution in [-0.2, 0) is 0 Å². The Morgan fingerprint density at radius 2 is 2.00 bits per heavy atom. The van der Waals surface area contributed by atoms with E-state index < -0.39 is 0 Å². The number of hydrazine groups is 1. The fraction of sp³-hybridized carbons (Fsp3) is 0.857. The molecule has 0 aromatic rings. The summed E-state index contributed by atoms with van der Waals surface area (Å²) in [6, 6.07) is 0.262. The van der Waals surface area contributed by atoms with Gasteiger partial charge in [0.05, 0.1) is 6.04 Å². The van der Waals surface area contributed by atoms with Crippen LogP contribution >= 0.6 is 0 Å². The molecule has 3 N–H and O–H groups in total. The lowest BCUT2D eigenvalue weighted by atomic mass is 9.71. The molecule has 0 aliphatic heterocycles. The quantitative estimate of drug-likeness (QED) is 0.444. The van der Waals surface area contributed by atoms with Gasteiger partial charge in [0.1, 0.15) is 0 Å². The van der Waals surface area contributed by atoms with Crippen LogP contribution < -0.4 is 11.3 Å². The van der Waals surface area contributed by atoms with Gasteiger partial charge >= 0.3 is 0 Å². The van der Waals surface area contributed by atoms with E-state index in [-0.39, 0.29) is 11.6 Å². The minimum atomic E-state index is 0.172. The molecule has 0 aromatic carbocycles. The van der Waals surface area contributed by atoms with Gasteiger partial charge in [-0.15, -0.1) is 11.8 Å². The molecule has 1 unspecified atom stereocenters. The van der Waals surface area contributed by atoms with Crippen molar-refractivity contribution in [3.05, 3.63) is 0 Å². The summed E-state index contributed by atoms with van der Waals surface area (Å²) in [4.78, 5) is 2.35. The van der Waals surface area contributed by atoms with Gasteiger partial charge in [-0.3, -0.25) is 11.3 Å². The highest BCUT2D eigenvalue weighted by atomic mass is 15.3. The molecule has 3 heteroatoms. The Hall–Kier alpha value is -0.560. The second-order valence-corrected chi connectivity index (χ2v) is 5.53. The predicted octanol–water partition coefficient (Wildman–Crippen LogP) is 1.74. The maximum absolute atomic E-state index is 5.76. The fourth-order valence-electron chi connectivity index (χ4n) is 2.98. The van der Waals surface area contributed by atoms with Crippen molar-refractivity contribution in [2.24, 2.45) is 11.8 Å². The lowest BCUT2D eigenvalue weighted by Crippen LogP contribution is -2.61. The van der Waals surface area contributed by atoms with Crippen LogP contribution in [-0.4, -0.2) is 30.6 Å². The number of hydrogen-bond acceptors (Lipinski definition) is 3. The van der Waals surface area contributed by atoms with E-state index in [0.717, 1.165) is 12.3 Å². The molecule has 1 aliphatic rings. The van der Waals surface area contributed by atoms with Crippen molar-refractivity contribution in [2.75, 3.05) is 14.1 Å². The van der Waals surface area contributed by atoms with Gasteiger partial charge in [-0.1, -0.05) is 6.92 Å². The van der Waals surface area contributed by atoms with Gasteiger partial charge in [0.2, 0.25) is 0 Å². The second kappa shape index (κ2) is 6.39. The summed E-state index contributed by atoms with van der Waals surface area (Å²) in [6.45, 7) is 4.23. The van der Waals surface area contributed by atoms with Gasteiger partial charge in [0.25, 0.3) is 0 Å². The molecule has 0 bridgehead atoms. The van der Waals surface area contributed by atoms with Gasteiger partial charge in [0.15, 0.2) is 0 Å². The molecule has 17 heavy (non-hydrogen) atoms. The summed E-state index contributed by atoms with van der Waals surface area (Å²) in [6.07, 6.45) is 5.83. The first-order valence-electron chi connectivity index (χ1n) is 6.60. The van der Waals surface area contributed by atoms with Gasteiger partial charge in [-0.05, 0) is 52.6 Å². The summed E-state index contributed by atoms with van der Waals surface area (Å²) in [7, 11) is 4.33. The molecule has 3 nitrogen and oxygen atoms in total. The van der Waals surface area contributed by atoms with Gasteiger partial charge in [-0.2, -0.15) is 0 Å². The third-order valence-electron chi connectivity index (χ3n) is 4.36. The van der Waals surface area contributed by atoms with Crippen molar-refractivity contribution in [1.82, 2.24) is 10.3 Å². The first-order valence-corrected chi connectivity index (χ1v) is 6.60. The van der Waals surface area contributed by atoms with Crippen molar-refractivity contribution < 1.29 is 0 Å². The Kier molecular flexibility index (Phi) is 5.45. The summed E-state index contributed by atoms with van der Waals surface area (Å²) < 4.78 is 0. The second-order valence-electron chi connectivity index (χ2n) is 5.53. The fourth-order valence-corrected chi connectivity index (χ4v) is 2.98. The van der Waals surface area contributed by atoms with Crippen LogP contribution in [0.25, 0.3) is 0 Å². The van der Waals surface area contributed by atoms with E-state index in [1.165, 1.54) is 25.7 Å². The Labute approximate surface area is 106 Å². The topological polar surface area (TPSA) is 41.3 Å². The van der Waals surface area contributed by atoms with E-state index in [2.05, 4.69) is 43.2 Å². The van der Waals surface area contributed by atoms with Crippen LogP contribution in [0.2, 0.25) is 0 Å². The lowest BCUT2D eigenvalue weighted by Gasteiger charge is -2.49. The molecule has 0 saturated heterocycles. The third-order valence-corrected chi connectivity index (χ3v) is 4.36. The molecule has 0 amide bonds. The van der Waals surface area contributed by atoms with E-state index in [9.17, 15) is 0 Å². The lowest BCUT2D eigenvalue weighted by molar-refractivity contribution is 0.0451. The number of likely N-dealkylation sites (N-methyl/N-ethyl adjacent to an activating group) is 1. The van der Waals surface area contributed by atoms with Crippen molar-refractivity contribution in [3.63, 3.8) is 0 Å². The molecule has 1 aliphatic carbocycles. The molecule has 1 fully saturated rings. The van der Waals surface area contributed by atoms with Gasteiger partial charge < -0.3 is 4.90 Å². The number of rotatable bonds is 4. The van der Waals surface area contributed by atoms with Crippen molar-refractivity contribution in [1.29, 1.82) is 0 Å². The zero-order valence-corrected chi connectivity index (χ0v) is 11.7. The Bertz CT molecular complexity index is 280. The largest absolute Gasteiger partial charge is 0.302 e. The summed E-state index contributed by atoms with van der Waals surface area (Å²) in [5.74, 6) is 12.7. The van der Waals surface area contributed by atoms with E-state index in [1.54, 1.807) is 0 Å². The monoisotopic (exact) mass is 237 g/mol. The van der Waals surface area contributed by atoms with Crippen molar-refractivity contribution in [3.8, 4) is 11.8 Å². The molecule has 0 spiro atoms. The molecule has 0 heterocycles. The molecule has 0 aromatic heterocycles. The van der Waals surface area contributed by atoms with Crippen LogP contribution in [0.1, 0.15) is 46.0 Å². The SMILES string of the molecule is CC#CCC(NN)C1(N(C)C)CCC(C)CC1.